The Balaban J connectivity index is 1.52. The van der Waals surface area contributed by atoms with Crippen LogP contribution in [0.15, 0.2) is 46.9 Å². The molecule has 2 heterocycles. The number of carbonyl (C=O) groups excluding carboxylic acids is 1. The van der Waals surface area contributed by atoms with Gasteiger partial charge in [-0.15, -0.1) is 0 Å². The number of nitrogens with zero attached hydrogens (tertiary/aromatic N) is 2. The van der Waals surface area contributed by atoms with Crippen molar-refractivity contribution in [3.05, 3.63) is 63.6 Å². The molecule has 0 radical (unpaired) electrons. The first kappa shape index (κ1) is 20.4. The van der Waals surface area contributed by atoms with Crippen molar-refractivity contribution in [2.45, 2.75) is 32.1 Å². The Morgan fingerprint density at radius 2 is 1.62 bits per heavy atom. The second kappa shape index (κ2) is 8.49. The van der Waals surface area contributed by atoms with Crippen LogP contribution in [-0.2, 0) is 14.9 Å². The van der Waals surface area contributed by atoms with Crippen molar-refractivity contribution in [3.8, 4) is 0 Å². The number of piperazine rings is 1. The van der Waals surface area contributed by atoms with Crippen LogP contribution in [-0.4, -0.2) is 50.2 Å². The molecule has 29 heavy (non-hydrogen) atoms. The number of anilines is 1. The predicted octanol–water partition coefficient (Wildman–Crippen LogP) is 4.46. The van der Waals surface area contributed by atoms with E-state index in [1.54, 1.807) is 0 Å². The van der Waals surface area contributed by atoms with Gasteiger partial charge in [-0.3, -0.25) is 4.79 Å². The Morgan fingerprint density at radius 3 is 2.28 bits per heavy atom. The van der Waals surface area contributed by atoms with Gasteiger partial charge in [-0.2, -0.15) is 0 Å². The molecule has 2 aliphatic heterocycles. The minimum Gasteiger partial charge on any atom is -0.381 e. The Labute approximate surface area is 182 Å². The lowest BCUT2D eigenvalue weighted by molar-refractivity contribution is -0.141. The first-order valence-electron chi connectivity index (χ1n) is 10.5. The van der Waals surface area contributed by atoms with Gasteiger partial charge in [0, 0.05) is 49.6 Å². The highest BCUT2D eigenvalue weighted by atomic mass is 79.9. The SMILES string of the molecule is Cc1cccc(N2CCN(C(=O)C3(c4ccc(Br)cc4)CCOCC3)CC2)c1C. The number of ether oxygens (including phenoxy) is 1. The van der Waals surface area contributed by atoms with Gasteiger partial charge in [0.2, 0.25) is 5.91 Å². The molecule has 0 atom stereocenters. The van der Waals surface area contributed by atoms with Crippen LogP contribution < -0.4 is 4.90 Å². The van der Waals surface area contributed by atoms with E-state index in [9.17, 15) is 4.79 Å². The molecule has 0 bridgehead atoms. The normalized spacial score (nSPS) is 19.3. The molecule has 0 aliphatic carbocycles. The Kier molecular flexibility index (Phi) is 5.98. The van der Waals surface area contributed by atoms with Gasteiger partial charge in [0.15, 0.2) is 0 Å². The molecule has 2 aromatic rings. The van der Waals surface area contributed by atoms with Crippen molar-refractivity contribution in [1.29, 1.82) is 0 Å². The van der Waals surface area contributed by atoms with Gasteiger partial charge in [-0.1, -0.05) is 40.2 Å². The molecule has 0 saturated carbocycles. The van der Waals surface area contributed by atoms with E-state index in [1.165, 1.54) is 16.8 Å². The molecule has 0 spiro atoms. The van der Waals surface area contributed by atoms with E-state index in [0.717, 1.165) is 49.1 Å². The number of halogens is 1. The van der Waals surface area contributed by atoms with Gasteiger partial charge in [0.25, 0.3) is 0 Å². The van der Waals surface area contributed by atoms with Crippen LogP contribution in [0, 0.1) is 13.8 Å². The Hall–Kier alpha value is -1.85. The largest absolute Gasteiger partial charge is 0.381 e. The number of hydrogen-bond donors (Lipinski definition) is 0. The minimum atomic E-state index is -0.458. The van der Waals surface area contributed by atoms with E-state index < -0.39 is 5.41 Å². The monoisotopic (exact) mass is 456 g/mol. The van der Waals surface area contributed by atoms with Crippen LogP contribution in [0.3, 0.4) is 0 Å². The summed E-state index contributed by atoms with van der Waals surface area (Å²) in [4.78, 5) is 18.3. The van der Waals surface area contributed by atoms with E-state index in [4.69, 9.17) is 4.74 Å². The van der Waals surface area contributed by atoms with E-state index in [1.807, 2.05) is 12.1 Å². The van der Waals surface area contributed by atoms with Crippen LogP contribution in [0.5, 0.6) is 0 Å². The second-order valence-electron chi connectivity index (χ2n) is 8.20. The van der Waals surface area contributed by atoms with Crippen LogP contribution in [0.2, 0.25) is 0 Å². The fourth-order valence-electron chi connectivity index (χ4n) is 4.65. The topological polar surface area (TPSA) is 32.8 Å². The van der Waals surface area contributed by atoms with Crippen molar-refractivity contribution in [1.82, 2.24) is 4.90 Å². The lowest BCUT2D eigenvalue weighted by atomic mass is 9.73. The fraction of sp³-hybridized carbons (Fsp3) is 0.458. The molecule has 154 valence electrons. The summed E-state index contributed by atoms with van der Waals surface area (Å²) < 4.78 is 6.66. The molecule has 2 aromatic carbocycles. The molecule has 2 saturated heterocycles. The van der Waals surface area contributed by atoms with Gasteiger partial charge in [-0.05, 0) is 61.6 Å². The third-order valence-corrected chi connectivity index (χ3v) is 7.16. The summed E-state index contributed by atoms with van der Waals surface area (Å²) in [5, 5.41) is 0. The van der Waals surface area contributed by atoms with E-state index in [2.05, 4.69) is 69.9 Å². The molecule has 0 N–H and O–H groups in total. The molecule has 1 amide bonds. The summed E-state index contributed by atoms with van der Waals surface area (Å²) >= 11 is 3.51. The smallest absolute Gasteiger partial charge is 0.233 e. The summed E-state index contributed by atoms with van der Waals surface area (Å²) in [5.74, 6) is 0.267. The van der Waals surface area contributed by atoms with E-state index in [-0.39, 0.29) is 5.91 Å². The van der Waals surface area contributed by atoms with Crippen molar-refractivity contribution >= 4 is 27.5 Å². The van der Waals surface area contributed by atoms with Gasteiger partial charge in [0.05, 0.1) is 5.41 Å². The maximum atomic E-state index is 13.8. The summed E-state index contributed by atoms with van der Waals surface area (Å²) in [6.07, 6.45) is 1.51. The molecule has 0 unspecified atom stereocenters. The number of aryl methyl sites for hydroxylation is 1. The summed E-state index contributed by atoms with van der Waals surface area (Å²) in [6.45, 7) is 8.93. The van der Waals surface area contributed by atoms with E-state index in [0.29, 0.717) is 13.2 Å². The molecule has 2 fully saturated rings. The zero-order chi connectivity index (χ0) is 20.4. The highest BCUT2D eigenvalue weighted by Gasteiger charge is 2.44. The number of rotatable bonds is 3. The lowest BCUT2D eigenvalue weighted by Gasteiger charge is -2.43. The third kappa shape index (κ3) is 3.95. The maximum absolute atomic E-state index is 13.8. The van der Waals surface area contributed by atoms with Crippen LogP contribution in [0.1, 0.15) is 29.5 Å². The average molecular weight is 457 g/mol. The van der Waals surface area contributed by atoms with Gasteiger partial charge in [0.1, 0.15) is 0 Å². The van der Waals surface area contributed by atoms with Crippen LogP contribution in [0.25, 0.3) is 0 Å². The molecular formula is C24H29BrN2O2. The van der Waals surface area contributed by atoms with Crippen molar-refractivity contribution < 1.29 is 9.53 Å². The number of amides is 1. The predicted molar refractivity (Wildman–Crippen MR) is 121 cm³/mol. The fourth-order valence-corrected chi connectivity index (χ4v) is 4.91. The Morgan fingerprint density at radius 1 is 0.966 bits per heavy atom. The van der Waals surface area contributed by atoms with Gasteiger partial charge < -0.3 is 14.5 Å². The molecule has 0 aromatic heterocycles. The standard InChI is InChI=1S/C24H29BrN2O2/c1-18-4-3-5-22(19(18)2)26-12-14-27(15-13-26)23(28)24(10-16-29-17-11-24)20-6-8-21(25)9-7-20/h3-9H,10-17H2,1-2H3. The van der Waals surface area contributed by atoms with Crippen molar-refractivity contribution in [2.24, 2.45) is 0 Å². The zero-order valence-corrected chi connectivity index (χ0v) is 18.9. The molecular weight excluding hydrogens is 428 g/mol. The Bertz CT molecular complexity index is 867. The molecule has 4 nitrogen and oxygen atoms in total. The van der Waals surface area contributed by atoms with Crippen LogP contribution in [0.4, 0.5) is 5.69 Å². The summed E-state index contributed by atoms with van der Waals surface area (Å²) in [7, 11) is 0. The second-order valence-corrected chi connectivity index (χ2v) is 9.12. The third-order valence-electron chi connectivity index (χ3n) is 6.64. The highest BCUT2D eigenvalue weighted by molar-refractivity contribution is 9.10. The van der Waals surface area contributed by atoms with Crippen LogP contribution >= 0.6 is 15.9 Å². The number of hydrogen-bond acceptors (Lipinski definition) is 3. The maximum Gasteiger partial charge on any atom is 0.233 e. The van der Waals surface area contributed by atoms with E-state index >= 15 is 0 Å². The first-order chi connectivity index (χ1) is 14.0. The van der Waals surface area contributed by atoms with Crippen molar-refractivity contribution in [3.63, 3.8) is 0 Å². The quantitative estimate of drug-likeness (QED) is 0.682. The number of carbonyl (C=O) groups is 1. The lowest BCUT2D eigenvalue weighted by Crippen LogP contribution is -2.56. The molecule has 5 heteroatoms. The van der Waals surface area contributed by atoms with Gasteiger partial charge >= 0.3 is 0 Å². The summed E-state index contributed by atoms with van der Waals surface area (Å²) in [5.41, 5.74) is 4.61. The molecule has 2 aliphatic rings. The molecule has 4 rings (SSSR count). The zero-order valence-electron chi connectivity index (χ0n) is 17.3. The van der Waals surface area contributed by atoms with Crippen molar-refractivity contribution in [2.75, 3.05) is 44.3 Å². The van der Waals surface area contributed by atoms with Gasteiger partial charge in [-0.25, -0.2) is 0 Å². The summed E-state index contributed by atoms with van der Waals surface area (Å²) in [6, 6.07) is 14.8. The first-order valence-corrected chi connectivity index (χ1v) is 11.2. The average Bonchev–Trinajstić information content (AvgIpc) is 2.76. The number of benzene rings is 2. The minimum absolute atomic E-state index is 0.267. The highest BCUT2D eigenvalue weighted by Crippen LogP contribution is 2.38.